The number of hydrogen-bond donors (Lipinski definition) is 1. The number of benzene rings is 2. The normalized spacial score (nSPS) is 11.3. The highest BCUT2D eigenvalue weighted by Crippen LogP contribution is 2.22. The van der Waals surface area contributed by atoms with Crippen molar-refractivity contribution >= 4 is 21.6 Å². The third-order valence-corrected chi connectivity index (χ3v) is 6.40. The van der Waals surface area contributed by atoms with Crippen LogP contribution in [-0.2, 0) is 21.2 Å². The van der Waals surface area contributed by atoms with Crippen LogP contribution in [0.25, 0.3) is 11.4 Å². The van der Waals surface area contributed by atoms with Crippen molar-refractivity contribution in [1.82, 2.24) is 15.5 Å². The second-order valence-corrected chi connectivity index (χ2v) is 9.86. The molecule has 3 aromatic rings. The molecular weight excluding hydrogens is 456 g/mol. The van der Waals surface area contributed by atoms with Crippen molar-refractivity contribution in [3.8, 4) is 17.1 Å². The maximum atomic E-state index is 12.4. The molecule has 0 saturated heterocycles. The maximum Gasteiger partial charge on any atom is 0.240 e. The fraction of sp³-hybridized carbons (Fsp3) is 0.375. The summed E-state index contributed by atoms with van der Waals surface area (Å²) in [7, 11) is -1.97. The molecule has 0 unspecified atom stereocenters. The number of aromatic nitrogens is 2. The molecule has 34 heavy (non-hydrogen) atoms. The minimum Gasteiger partial charge on any atom is -0.497 e. The molecule has 2 aromatic carbocycles. The molecular formula is C24H30N4O5S. The van der Waals surface area contributed by atoms with Gasteiger partial charge in [-0.05, 0) is 55.7 Å². The average molecular weight is 487 g/mol. The number of nitrogens with zero attached hydrogens (tertiary/aromatic N) is 3. The van der Waals surface area contributed by atoms with Crippen LogP contribution in [0.1, 0.15) is 30.7 Å². The molecule has 10 heteroatoms. The number of anilines is 1. The van der Waals surface area contributed by atoms with Crippen LogP contribution in [0.4, 0.5) is 5.69 Å². The zero-order valence-corrected chi connectivity index (χ0v) is 20.5. The Labute approximate surface area is 200 Å². The zero-order chi connectivity index (χ0) is 24.6. The SMILES string of the molecule is COc1ccc(-c2noc(CCCCCNC(=O)CN(c3ccccc3C)S(C)(=O)=O)n2)cc1. The molecule has 1 N–H and O–H groups in total. The first-order valence-electron chi connectivity index (χ1n) is 11.0. The van der Waals surface area contributed by atoms with Gasteiger partial charge in [0.2, 0.25) is 27.6 Å². The Morgan fingerprint density at radius 2 is 1.82 bits per heavy atom. The van der Waals surface area contributed by atoms with Gasteiger partial charge in [-0.3, -0.25) is 9.10 Å². The van der Waals surface area contributed by atoms with Gasteiger partial charge in [-0.25, -0.2) is 8.42 Å². The molecule has 9 nitrogen and oxygen atoms in total. The van der Waals surface area contributed by atoms with Crippen LogP contribution in [0.3, 0.4) is 0 Å². The Morgan fingerprint density at radius 1 is 1.09 bits per heavy atom. The number of methoxy groups -OCH3 is 1. The Bertz CT molecular complexity index is 1190. The fourth-order valence-corrected chi connectivity index (χ4v) is 4.34. The van der Waals surface area contributed by atoms with E-state index in [0.29, 0.717) is 30.4 Å². The van der Waals surface area contributed by atoms with E-state index in [4.69, 9.17) is 9.26 Å². The molecule has 0 atom stereocenters. The number of sulfonamides is 1. The lowest BCUT2D eigenvalue weighted by molar-refractivity contribution is -0.119. The second kappa shape index (κ2) is 11.6. The maximum absolute atomic E-state index is 12.4. The molecule has 0 saturated carbocycles. The highest BCUT2D eigenvalue weighted by atomic mass is 32.2. The van der Waals surface area contributed by atoms with Crippen LogP contribution < -0.4 is 14.4 Å². The van der Waals surface area contributed by atoms with E-state index in [1.807, 2.05) is 43.3 Å². The summed E-state index contributed by atoms with van der Waals surface area (Å²) in [6.45, 7) is 2.03. The van der Waals surface area contributed by atoms with Gasteiger partial charge >= 0.3 is 0 Å². The molecule has 0 aliphatic carbocycles. The molecule has 1 aromatic heterocycles. The van der Waals surface area contributed by atoms with Crippen molar-refractivity contribution in [2.24, 2.45) is 0 Å². The van der Waals surface area contributed by atoms with Gasteiger partial charge < -0.3 is 14.6 Å². The summed E-state index contributed by atoms with van der Waals surface area (Å²) < 4.78 is 36.0. The van der Waals surface area contributed by atoms with Gasteiger partial charge in [0.05, 0.1) is 19.1 Å². The molecule has 182 valence electrons. The number of aryl methyl sites for hydroxylation is 2. The molecule has 0 aliphatic rings. The Morgan fingerprint density at radius 3 is 2.50 bits per heavy atom. The number of ether oxygens (including phenoxy) is 1. The predicted octanol–water partition coefficient (Wildman–Crippen LogP) is 3.35. The van der Waals surface area contributed by atoms with Crippen molar-refractivity contribution in [2.45, 2.75) is 32.6 Å². The molecule has 1 amide bonds. The van der Waals surface area contributed by atoms with Gasteiger partial charge in [-0.15, -0.1) is 0 Å². The molecule has 0 radical (unpaired) electrons. The average Bonchev–Trinajstić information content (AvgIpc) is 3.28. The monoisotopic (exact) mass is 486 g/mol. The van der Waals surface area contributed by atoms with Crippen molar-refractivity contribution in [3.05, 3.63) is 60.0 Å². The smallest absolute Gasteiger partial charge is 0.240 e. The minimum absolute atomic E-state index is 0.250. The highest BCUT2D eigenvalue weighted by molar-refractivity contribution is 7.92. The number of carbonyl (C=O) groups excluding carboxylic acids is 1. The molecule has 3 rings (SSSR count). The fourth-order valence-electron chi connectivity index (χ4n) is 3.43. The molecule has 0 fully saturated rings. The topological polar surface area (TPSA) is 115 Å². The third-order valence-electron chi connectivity index (χ3n) is 5.28. The first-order valence-corrected chi connectivity index (χ1v) is 12.9. The lowest BCUT2D eigenvalue weighted by atomic mass is 10.2. The Kier molecular flexibility index (Phi) is 8.64. The van der Waals surface area contributed by atoms with Crippen molar-refractivity contribution in [3.63, 3.8) is 0 Å². The van der Waals surface area contributed by atoms with Gasteiger partial charge in [-0.2, -0.15) is 4.98 Å². The first kappa shape index (κ1) is 25.2. The summed E-state index contributed by atoms with van der Waals surface area (Å²) in [4.78, 5) is 16.8. The Balaban J connectivity index is 1.40. The zero-order valence-electron chi connectivity index (χ0n) is 19.7. The predicted molar refractivity (Wildman–Crippen MR) is 130 cm³/mol. The number of rotatable bonds is 12. The summed E-state index contributed by atoms with van der Waals surface area (Å²) in [5.41, 5.74) is 2.15. The summed E-state index contributed by atoms with van der Waals surface area (Å²) in [6.07, 6.45) is 4.19. The lowest BCUT2D eigenvalue weighted by Gasteiger charge is -2.23. The summed E-state index contributed by atoms with van der Waals surface area (Å²) in [5.74, 6) is 1.53. The van der Waals surface area contributed by atoms with Gasteiger partial charge in [0.25, 0.3) is 0 Å². The quantitative estimate of drug-likeness (QED) is 0.390. The van der Waals surface area contributed by atoms with E-state index >= 15 is 0 Å². The molecule has 1 heterocycles. The highest BCUT2D eigenvalue weighted by Gasteiger charge is 2.21. The first-order chi connectivity index (χ1) is 16.3. The number of carbonyl (C=O) groups is 1. The minimum atomic E-state index is -3.58. The summed E-state index contributed by atoms with van der Waals surface area (Å²) in [6, 6.07) is 14.5. The second-order valence-electron chi connectivity index (χ2n) is 7.96. The standard InChI is InChI=1S/C24H30N4O5S/c1-18-9-6-7-10-21(18)28(34(3,30)31)17-22(29)25-16-8-4-5-11-23-26-24(27-33-23)19-12-14-20(32-2)15-13-19/h6-7,9-10,12-15H,4-5,8,11,16-17H2,1-3H3,(H,25,29). The van der Waals surface area contributed by atoms with E-state index in [2.05, 4.69) is 15.5 Å². The van der Waals surface area contributed by atoms with Gasteiger partial charge in [-0.1, -0.05) is 29.8 Å². The van der Waals surface area contributed by atoms with E-state index in [0.717, 1.165) is 46.7 Å². The van der Waals surface area contributed by atoms with Crippen molar-refractivity contribution < 1.29 is 22.5 Å². The van der Waals surface area contributed by atoms with Crippen LogP contribution >= 0.6 is 0 Å². The van der Waals surface area contributed by atoms with Gasteiger partial charge in [0, 0.05) is 18.5 Å². The van der Waals surface area contributed by atoms with Gasteiger partial charge in [0.1, 0.15) is 12.3 Å². The van der Waals surface area contributed by atoms with E-state index in [1.165, 1.54) is 0 Å². The summed E-state index contributed by atoms with van der Waals surface area (Å²) >= 11 is 0. The van der Waals surface area contributed by atoms with E-state index in [1.54, 1.807) is 19.2 Å². The largest absolute Gasteiger partial charge is 0.497 e. The number of amides is 1. The Hall–Kier alpha value is -3.40. The van der Waals surface area contributed by atoms with Gasteiger partial charge in [0.15, 0.2) is 0 Å². The molecule has 0 aliphatic heterocycles. The van der Waals surface area contributed by atoms with E-state index in [9.17, 15) is 13.2 Å². The summed E-state index contributed by atoms with van der Waals surface area (Å²) in [5, 5.41) is 6.82. The number of unbranched alkanes of at least 4 members (excludes halogenated alkanes) is 2. The number of para-hydroxylation sites is 1. The van der Waals surface area contributed by atoms with E-state index < -0.39 is 10.0 Å². The van der Waals surface area contributed by atoms with Crippen LogP contribution in [-0.4, -0.2) is 50.9 Å². The number of nitrogens with one attached hydrogen (secondary N) is 1. The van der Waals surface area contributed by atoms with E-state index in [-0.39, 0.29) is 12.5 Å². The molecule has 0 spiro atoms. The molecule has 0 bridgehead atoms. The van der Waals surface area contributed by atoms with Crippen LogP contribution in [0.5, 0.6) is 5.75 Å². The van der Waals surface area contributed by atoms with Crippen LogP contribution in [0.15, 0.2) is 53.1 Å². The van der Waals surface area contributed by atoms with Crippen molar-refractivity contribution in [2.75, 3.05) is 30.8 Å². The van der Waals surface area contributed by atoms with Crippen LogP contribution in [0.2, 0.25) is 0 Å². The number of hydrogen-bond acceptors (Lipinski definition) is 7. The van der Waals surface area contributed by atoms with Crippen molar-refractivity contribution in [1.29, 1.82) is 0 Å². The lowest BCUT2D eigenvalue weighted by Crippen LogP contribution is -2.41. The van der Waals surface area contributed by atoms with Crippen LogP contribution in [0, 0.1) is 6.92 Å². The third kappa shape index (κ3) is 7.05.